The number of nitrogens with zero attached hydrogens (tertiary/aromatic N) is 3. The molecule has 3 saturated heterocycles. The molecule has 0 bridgehead atoms. The summed E-state index contributed by atoms with van der Waals surface area (Å²) < 4.78 is 5.58. The maximum absolute atomic E-state index is 11.9. The van der Waals surface area contributed by atoms with E-state index in [1.807, 2.05) is 4.90 Å². The highest BCUT2D eigenvalue weighted by atomic mass is 127. The summed E-state index contributed by atoms with van der Waals surface area (Å²) in [4.78, 5) is 21.3. The molecule has 166 valence electrons. The van der Waals surface area contributed by atoms with Crippen LogP contribution in [0.3, 0.4) is 0 Å². The van der Waals surface area contributed by atoms with Gasteiger partial charge in [0.15, 0.2) is 5.96 Å². The van der Waals surface area contributed by atoms with Crippen LogP contribution in [0.15, 0.2) is 29.3 Å². The molecule has 1 aromatic carbocycles. The molecule has 30 heavy (non-hydrogen) atoms. The average molecular weight is 526 g/mol. The van der Waals surface area contributed by atoms with E-state index in [1.54, 1.807) is 0 Å². The Hall–Kier alpha value is -1.35. The van der Waals surface area contributed by atoms with Crippen LogP contribution in [0.25, 0.3) is 0 Å². The number of carbonyl (C=O) groups excluding carboxylic acids is 1. The standard InChI is InChI=1S/C23H34N4O2.HI/c1-2-24-22(27-12-8-23(18-27)9-13-29-14-10-23)25-16-19-5-3-6-20(15-19)17-26-11-4-7-21(26)28;/h3,5-6,15H,2,4,7-14,16-18H2,1H3,(H,24,25);1H. The number of likely N-dealkylation sites (tertiary alicyclic amines) is 2. The van der Waals surface area contributed by atoms with Crippen LogP contribution in [0.4, 0.5) is 0 Å². The third-order valence-corrected chi connectivity index (χ3v) is 6.57. The average Bonchev–Trinajstić information content (AvgIpc) is 3.33. The Morgan fingerprint density at radius 1 is 1.20 bits per heavy atom. The van der Waals surface area contributed by atoms with Crippen LogP contribution in [0.2, 0.25) is 0 Å². The van der Waals surface area contributed by atoms with E-state index >= 15 is 0 Å². The summed E-state index contributed by atoms with van der Waals surface area (Å²) in [6, 6.07) is 8.52. The first-order valence-electron chi connectivity index (χ1n) is 11.1. The second-order valence-corrected chi connectivity index (χ2v) is 8.69. The fraction of sp³-hybridized carbons (Fsp3) is 0.652. The molecule has 0 saturated carbocycles. The third kappa shape index (κ3) is 5.66. The number of nitrogens with one attached hydrogen (secondary N) is 1. The van der Waals surface area contributed by atoms with E-state index in [9.17, 15) is 4.79 Å². The molecule has 3 heterocycles. The molecular weight excluding hydrogens is 491 g/mol. The first-order valence-corrected chi connectivity index (χ1v) is 11.1. The zero-order valence-corrected chi connectivity index (χ0v) is 20.4. The van der Waals surface area contributed by atoms with Gasteiger partial charge in [0.2, 0.25) is 5.91 Å². The molecule has 0 aromatic heterocycles. The van der Waals surface area contributed by atoms with E-state index in [1.165, 1.54) is 30.4 Å². The Morgan fingerprint density at radius 3 is 2.73 bits per heavy atom. The summed E-state index contributed by atoms with van der Waals surface area (Å²) in [5.74, 6) is 1.30. The monoisotopic (exact) mass is 526 g/mol. The van der Waals surface area contributed by atoms with Crippen molar-refractivity contribution in [1.82, 2.24) is 15.1 Å². The predicted molar refractivity (Wildman–Crippen MR) is 130 cm³/mol. The normalized spacial score (nSPS) is 21.2. The van der Waals surface area contributed by atoms with E-state index in [2.05, 4.69) is 41.4 Å². The number of halogens is 1. The lowest BCUT2D eigenvalue weighted by molar-refractivity contribution is -0.128. The van der Waals surface area contributed by atoms with Gasteiger partial charge < -0.3 is 19.9 Å². The Kier molecular flexibility index (Phi) is 8.39. The molecular formula is C23H35IN4O2. The Balaban J connectivity index is 0.00000256. The topological polar surface area (TPSA) is 57.2 Å². The predicted octanol–water partition coefficient (Wildman–Crippen LogP) is 3.40. The summed E-state index contributed by atoms with van der Waals surface area (Å²) in [6.07, 6.45) is 5.25. The van der Waals surface area contributed by atoms with Crippen molar-refractivity contribution in [3.63, 3.8) is 0 Å². The van der Waals surface area contributed by atoms with Gasteiger partial charge in [-0.2, -0.15) is 0 Å². The third-order valence-electron chi connectivity index (χ3n) is 6.57. The van der Waals surface area contributed by atoms with Gasteiger partial charge in [-0.1, -0.05) is 24.3 Å². The highest BCUT2D eigenvalue weighted by Gasteiger charge is 2.40. The van der Waals surface area contributed by atoms with Gasteiger partial charge in [-0.05, 0) is 49.1 Å². The molecule has 1 spiro atoms. The summed E-state index contributed by atoms with van der Waals surface area (Å²) in [5, 5.41) is 3.49. The van der Waals surface area contributed by atoms with Crippen LogP contribution >= 0.6 is 24.0 Å². The second-order valence-electron chi connectivity index (χ2n) is 8.69. The van der Waals surface area contributed by atoms with E-state index in [0.717, 1.165) is 51.8 Å². The molecule has 1 aromatic rings. The lowest BCUT2D eigenvalue weighted by atomic mass is 9.80. The first-order chi connectivity index (χ1) is 14.2. The largest absolute Gasteiger partial charge is 0.381 e. The van der Waals surface area contributed by atoms with Gasteiger partial charge in [0.1, 0.15) is 0 Å². The number of amides is 1. The van der Waals surface area contributed by atoms with Crippen molar-refractivity contribution in [1.29, 1.82) is 0 Å². The minimum absolute atomic E-state index is 0. The summed E-state index contributed by atoms with van der Waals surface area (Å²) in [6.45, 7) is 9.22. The Labute approximate surface area is 197 Å². The number of aliphatic imine (C=N–C) groups is 1. The van der Waals surface area contributed by atoms with Crippen molar-refractivity contribution in [2.24, 2.45) is 10.4 Å². The molecule has 3 aliphatic rings. The van der Waals surface area contributed by atoms with Crippen molar-refractivity contribution in [2.45, 2.75) is 52.1 Å². The number of guanidine groups is 1. The summed E-state index contributed by atoms with van der Waals surface area (Å²) in [5.41, 5.74) is 2.81. The van der Waals surface area contributed by atoms with E-state index < -0.39 is 0 Å². The zero-order chi connectivity index (χ0) is 20.1. The minimum Gasteiger partial charge on any atom is -0.381 e. The molecule has 0 aliphatic carbocycles. The second kappa shape index (κ2) is 10.8. The molecule has 1 N–H and O–H groups in total. The van der Waals surface area contributed by atoms with E-state index in [4.69, 9.17) is 9.73 Å². The quantitative estimate of drug-likeness (QED) is 0.363. The summed E-state index contributed by atoms with van der Waals surface area (Å²) >= 11 is 0. The SMILES string of the molecule is CCNC(=NCc1cccc(CN2CCCC2=O)c1)N1CCC2(CCOCC2)C1.I. The number of hydrogen-bond donors (Lipinski definition) is 1. The Bertz CT molecular complexity index is 748. The van der Waals surface area contributed by atoms with Gasteiger partial charge >= 0.3 is 0 Å². The molecule has 4 rings (SSSR count). The summed E-state index contributed by atoms with van der Waals surface area (Å²) in [7, 11) is 0. The van der Waals surface area contributed by atoms with Gasteiger partial charge in [0.05, 0.1) is 6.54 Å². The molecule has 0 unspecified atom stereocenters. The highest BCUT2D eigenvalue weighted by molar-refractivity contribution is 14.0. The molecule has 1 amide bonds. The van der Waals surface area contributed by atoms with Crippen LogP contribution in [0.5, 0.6) is 0 Å². The lowest BCUT2D eigenvalue weighted by Gasteiger charge is -2.33. The van der Waals surface area contributed by atoms with Crippen LogP contribution in [0.1, 0.15) is 50.2 Å². The van der Waals surface area contributed by atoms with Crippen molar-refractivity contribution in [3.05, 3.63) is 35.4 Å². The van der Waals surface area contributed by atoms with E-state index in [-0.39, 0.29) is 29.9 Å². The Morgan fingerprint density at radius 2 is 2.00 bits per heavy atom. The number of rotatable bonds is 5. The fourth-order valence-electron chi connectivity index (χ4n) is 4.84. The maximum atomic E-state index is 11.9. The smallest absolute Gasteiger partial charge is 0.222 e. The van der Waals surface area contributed by atoms with Gasteiger partial charge in [-0.15, -0.1) is 24.0 Å². The highest BCUT2D eigenvalue weighted by Crippen LogP contribution is 2.39. The van der Waals surface area contributed by atoms with Gasteiger partial charge in [0, 0.05) is 52.4 Å². The molecule has 3 aliphatic heterocycles. The minimum atomic E-state index is 0. The zero-order valence-electron chi connectivity index (χ0n) is 18.1. The maximum Gasteiger partial charge on any atom is 0.222 e. The molecule has 6 nitrogen and oxygen atoms in total. The van der Waals surface area contributed by atoms with Crippen LogP contribution in [0, 0.1) is 5.41 Å². The van der Waals surface area contributed by atoms with E-state index in [0.29, 0.717) is 24.9 Å². The van der Waals surface area contributed by atoms with Gasteiger partial charge in [-0.3, -0.25) is 4.79 Å². The molecule has 0 atom stereocenters. The van der Waals surface area contributed by atoms with Gasteiger partial charge in [0.25, 0.3) is 0 Å². The van der Waals surface area contributed by atoms with Gasteiger partial charge in [-0.25, -0.2) is 4.99 Å². The van der Waals surface area contributed by atoms with Crippen LogP contribution in [-0.4, -0.2) is 61.1 Å². The van der Waals surface area contributed by atoms with Crippen molar-refractivity contribution in [3.8, 4) is 0 Å². The fourth-order valence-corrected chi connectivity index (χ4v) is 4.84. The molecule has 0 radical (unpaired) electrons. The number of benzene rings is 1. The van der Waals surface area contributed by atoms with Crippen molar-refractivity contribution >= 4 is 35.8 Å². The number of ether oxygens (including phenoxy) is 1. The number of hydrogen-bond acceptors (Lipinski definition) is 3. The molecule has 7 heteroatoms. The number of carbonyl (C=O) groups is 1. The van der Waals surface area contributed by atoms with Crippen molar-refractivity contribution < 1.29 is 9.53 Å². The molecule has 3 fully saturated rings. The van der Waals surface area contributed by atoms with Crippen molar-refractivity contribution in [2.75, 3.05) is 39.4 Å². The van der Waals surface area contributed by atoms with Crippen LogP contribution < -0.4 is 5.32 Å². The van der Waals surface area contributed by atoms with Crippen LogP contribution in [-0.2, 0) is 22.6 Å². The first kappa shape index (κ1) is 23.3. The lowest BCUT2D eigenvalue weighted by Crippen LogP contribution is -2.42.